The molecule has 1 unspecified atom stereocenters. The summed E-state index contributed by atoms with van der Waals surface area (Å²) < 4.78 is 0. The molecule has 0 fully saturated rings. The van der Waals surface area contributed by atoms with Crippen LogP contribution in [-0.2, 0) is 9.59 Å². The predicted molar refractivity (Wildman–Crippen MR) is 75.8 cm³/mol. The summed E-state index contributed by atoms with van der Waals surface area (Å²) in [7, 11) is 0. The van der Waals surface area contributed by atoms with Gasteiger partial charge < -0.3 is 15.7 Å². The van der Waals surface area contributed by atoms with E-state index in [4.69, 9.17) is 10.4 Å². The number of anilines is 1. The van der Waals surface area contributed by atoms with Crippen LogP contribution in [0.25, 0.3) is 0 Å². The number of hydrogen-bond acceptors (Lipinski definition) is 5. The molecule has 1 aromatic carbocycles. The Balaban J connectivity index is 2.57. The lowest BCUT2D eigenvalue weighted by atomic mass is 10.2. The molecule has 0 heterocycles. The van der Waals surface area contributed by atoms with Gasteiger partial charge in [-0.15, -0.1) is 0 Å². The number of aliphatic hydroxyl groups is 1. The standard InChI is InChI=1S/C13H15N3O3S/c1-2-9(7-17)15-12(18)13(19)16-10-3-5-11(6-4-10)20-8-14/h3-6,9,17H,2,7H2,1H3,(H,15,18)(H,16,19). The van der Waals surface area contributed by atoms with Crippen molar-refractivity contribution in [3.8, 4) is 5.40 Å². The summed E-state index contributed by atoms with van der Waals surface area (Å²) in [5.41, 5.74) is 0.462. The van der Waals surface area contributed by atoms with Crippen LogP contribution in [0.2, 0.25) is 0 Å². The van der Waals surface area contributed by atoms with E-state index in [9.17, 15) is 9.59 Å². The number of nitrogens with zero attached hydrogens (tertiary/aromatic N) is 1. The van der Waals surface area contributed by atoms with Crippen LogP contribution in [0.1, 0.15) is 13.3 Å². The van der Waals surface area contributed by atoms with Crippen LogP contribution in [0.4, 0.5) is 5.69 Å². The van der Waals surface area contributed by atoms with Crippen LogP contribution < -0.4 is 10.6 Å². The number of carbonyl (C=O) groups excluding carboxylic acids is 2. The minimum absolute atomic E-state index is 0.213. The summed E-state index contributed by atoms with van der Waals surface area (Å²) in [4.78, 5) is 23.9. The molecule has 0 spiro atoms. The zero-order valence-electron chi connectivity index (χ0n) is 10.9. The SMILES string of the molecule is CCC(CO)NC(=O)C(=O)Nc1ccc(SC#N)cc1. The third kappa shape index (κ3) is 4.91. The average Bonchev–Trinajstić information content (AvgIpc) is 2.46. The Morgan fingerprint density at radius 2 is 2.00 bits per heavy atom. The summed E-state index contributed by atoms with van der Waals surface area (Å²) in [6.45, 7) is 1.58. The zero-order valence-corrected chi connectivity index (χ0v) is 11.7. The minimum Gasteiger partial charge on any atom is -0.394 e. The second-order valence-electron chi connectivity index (χ2n) is 3.93. The van der Waals surface area contributed by atoms with Gasteiger partial charge >= 0.3 is 11.8 Å². The maximum absolute atomic E-state index is 11.6. The molecule has 6 nitrogen and oxygen atoms in total. The third-order valence-corrected chi connectivity index (χ3v) is 3.13. The molecule has 0 saturated carbocycles. The van der Waals surface area contributed by atoms with Gasteiger partial charge in [0.25, 0.3) is 0 Å². The van der Waals surface area contributed by atoms with Gasteiger partial charge in [-0.3, -0.25) is 9.59 Å². The van der Waals surface area contributed by atoms with Crippen molar-refractivity contribution < 1.29 is 14.7 Å². The molecule has 0 bridgehead atoms. The van der Waals surface area contributed by atoms with Crippen LogP contribution in [0.3, 0.4) is 0 Å². The van der Waals surface area contributed by atoms with Gasteiger partial charge in [-0.25, -0.2) is 0 Å². The smallest absolute Gasteiger partial charge is 0.313 e. The normalized spacial score (nSPS) is 11.2. The first-order valence-corrected chi connectivity index (χ1v) is 6.81. The largest absolute Gasteiger partial charge is 0.394 e. The van der Waals surface area contributed by atoms with E-state index in [2.05, 4.69) is 10.6 Å². The van der Waals surface area contributed by atoms with E-state index >= 15 is 0 Å². The van der Waals surface area contributed by atoms with E-state index in [1.807, 2.05) is 5.40 Å². The van der Waals surface area contributed by atoms with E-state index in [0.29, 0.717) is 12.1 Å². The van der Waals surface area contributed by atoms with Crippen LogP contribution >= 0.6 is 11.8 Å². The summed E-state index contributed by atoms with van der Waals surface area (Å²) in [6, 6.07) is 6.12. The molecule has 1 aromatic rings. The third-order valence-electron chi connectivity index (χ3n) is 2.53. The van der Waals surface area contributed by atoms with E-state index in [0.717, 1.165) is 16.7 Å². The van der Waals surface area contributed by atoms with Crippen LogP contribution in [-0.4, -0.2) is 29.6 Å². The van der Waals surface area contributed by atoms with Gasteiger partial charge in [0.05, 0.1) is 12.6 Å². The number of thiocyanates is 1. The lowest BCUT2D eigenvalue weighted by Gasteiger charge is -2.13. The van der Waals surface area contributed by atoms with Crippen molar-refractivity contribution in [2.24, 2.45) is 0 Å². The lowest BCUT2D eigenvalue weighted by Crippen LogP contribution is -2.43. The monoisotopic (exact) mass is 293 g/mol. The second kappa shape index (κ2) is 8.19. The van der Waals surface area contributed by atoms with E-state index in [1.165, 1.54) is 0 Å². The fourth-order valence-corrected chi connectivity index (χ4v) is 1.75. The Labute approximate surface area is 121 Å². The van der Waals surface area contributed by atoms with Crippen LogP contribution in [0.5, 0.6) is 0 Å². The predicted octanol–water partition coefficient (Wildman–Crippen LogP) is 1.09. The van der Waals surface area contributed by atoms with Crippen molar-refractivity contribution in [2.45, 2.75) is 24.3 Å². The molecule has 0 radical (unpaired) electrons. The van der Waals surface area contributed by atoms with Gasteiger partial charge in [-0.2, -0.15) is 5.26 Å². The molecule has 0 aliphatic rings. The number of benzene rings is 1. The molecule has 2 amide bonds. The summed E-state index contributed by atoms with van der Waals surface area (Å²) in [5.74, 6) is -1.58. The Morgan fingerprint density at radius 3 is 2.50 bits per heavy atom. The Morgan fingerprint density at radius 1 is 1.35 bits per heavy atom. The molecule has 0 aliphatic heterocycles. The fraction of sp³-hybridized carbons (Fsp3) is 0.308. The van der Waals surface area contributed by atoms with Crippen molar-refractivity contribution in [1.29, 1.82) is 5.26 Å². The number of carbonyl (C=O) groups is 2. The molecular weight excluding hydrogens is 278 g/mol. The first-order valence-electron chi connectivity index (χ1n) is 5.99. The number of amides is 2. The maximum Gasteiger partial charge on any atom is 0.313 e. The van der Waals surface area contributed by atoms with Gasteiger partial charge in [-0.1, -0.05) is 6.92 Å². The van der Waals surface area contributed by atoms with Gasteiger partial charge in [0.1, 0.15) is 5.40 Å². The number of nitrogens with one attached hydrogen (secondary N) is 2. The van der Waals surface area contributed by atoms with Crippen molar-refractivity contribution in [2.75, 3.05) is 11.9 Å². The maximum atomic E-state index is 11.6. The molecule has 1 atom stereocenters. The first-order chi connectivity index (χ1) is 9.60. The summed E-state index contributed by atoms with van der Waals surface area (Å²) >= 11 is 1.01. The summed E-state index contributed by atoms with van der Waals surface area (Å²) in [6.07, 6.45) is 0.537. The second-order valence-corrected chi connectivity index (χ2v) is 4.79. The molecular formula is C13H15N3O3S. The quantitative estimate of drug-likeness (QED) is 0.428. The Kier molecular flexibility index (Phi) is 6.56. The zero-order chi connectivity index (χ0) is 15.0. The topological polar surface area (TPSA) is 102 Å². The lowest BCUT2D eigenvalue weighted by molar-refractivity contribution is -0.136. The molecule has 3 N–H and O–H groups in total. The van der Waals surface area contributed by atoms with Gasteiger partial charge in [0, 0.05) is 10.6 Å². The number of thioether (sulfide) groups is 1. The number of hydrogen-bond donors (Lipinski definition) is 3. The van der Waals surface area contributed by atoms with Gasteiger partial charge in [-0.05, 0) is 42.4 Å². The average molecular weight is 293 g/mol. The van der Waals surface area contributed by atoms with E-state index in [1.54, 1.807) is 31.2 Å². The molecule has 0 aromatic heterocycles. The summed E-state index contributed by atoms with van der Waals surface area (Å²) in [5, 5.41) is 24.3. The highest BCUT2D eigenvalue weighted by Crippen LogP contribution is 2.18. The van der Waals surface area contributed by atoms with Crippen molar-refractivity contribution in [1.82, 2.24) is 5.32 Å². The van der Waals surface area contributed by atoms with Gasteiger partial charge in [0.2, 0.25) is 0 Å². The van der Waals surface area contributed by atoms with Crippen LogP contribution in [0.15, 0.2) is 29.2 Å². The molecule has 0 saturated heterocycles. The van der Waals surface area contributed by atoms with Crippen molar-refractivity contribution >= 4 is 29.3 Å². The Hall–Kier alpha value is -2.04. The minimum atomic E-state index is -0.794. The molecule has 7 heteroatoms. The molecule has 0 aliphatic carbocycles. The molecule has 106 valence electrons. The van der Waals surface area contributed by atoms with Crippen molar-refractivity contribution in [3.05, 3.63) is 24.3 Å². The fourth-order valence-electron chi connectivity index (χ4n) is 1.37. The van der Waals surface area contributed by atoms with Gasteiger partial charge in [0.15, 0.2) is 0 Å². The van der Waals surface area contributed by atoms with Crippen LogP contribution in [0, 0.1) is 10.7 Å². The van der Waals surface area contributed by atoms with E-state index in [-0.39, 0.29) is 6.61 Å². The Bertz CT molecular complexity index is 507. The van der Waals surface area contributed by atoms with Crippen molar-refractivity contribution in [3.63, 3.8) is 0 Å². The number of nitriles is 1. The highest BCUT2D eigenvalue weighted by atomic mass is 32.2. The van der Waals surface area contributed by atoms with E-state index < -0.39 is 17.9 Å². The molecule has 20 heavy (non-hydrogen) atoms. The highest BCUT2D eigenvalue weighted by Gasteiger charge is 2.17. The molecule has 1 rings (SSSR count). The number of aliphatic hydroxyl groups excluding tert-OH is 1. The first kappa shape index (κ1) is 16.0. The number of rotatable bonds is 5. The highest BCUT2D eigenvalue weighted by molar-refractivity contribution is 8.03.